The molecule has 1 atom stereocenters. The van der Waals surface area contributed by atoms with Crippen molar-refractivity contribution in [3.63, 3.8) is 0 Å². The molecule has 0 saturated heterocycles. The molecule has 0 aromatic carbocycles. The maximum absolute atomic E-state index is 5.11. The largest absolute Gasteiger partial charge is 0.119 e. The Labute approximate surface area is 37.1 Å². The molecule has 0 heterocycles. The molecule has 0 rings (SSSR count). The summed E-state index contributed by atoms with van der Waals surface area (Å²) in [6, 6.07) is 0. The molecule has 0 N–H and O–H groups in total. The molecular weight excluding hydrogens is 83.5 g/mol. The van der Waals surface area contributed by atoms with Crippen molar-refractivity contribution in [2.24, 2.45) is 0 Å². The van der Waals surface area contributed by atoms with Crippen LogP contribution in [0.2, 0.25) is 0 Å². The molecule has 1 unspecified atom stereocenters. The summed E-state index contributed by atoms with van der Waals surface area (Å²) in [5, 5.41) is -0.366. The van der Waals surface area contributed by atoms with Crippen molar-refractivity contribution in [1.29, 1.82) is 0 Å². The summed E-state index contributed by atoms with van der Waals surface area (Å²) < 4.78 is 0. The van der Waals surface area contributed by atoms with Crippen molar-refractivity contribution >= 4 is 11.6 Å². The van der Waals surface area contributed by atoms with Gasteiger partial charge in [-0.3, -0.25) is 0 Å². The third-order valence-electron chi connectivity index (χ3n) is 0.181. The van der Waals surface area contributed by atoms with Gasteiger partial charge >= 0.3 is 0 Å². The monoisotopic (exact) mass is 87.0 g/mol. The van der Waals surface area contributed by atoms with Crippen molar-refractivity contribution in [1.82, 2.24) is 0 Å². The molecule has 1 radical (unpaired) electrons. The second-order valence-corrected chi connectivity index (χ2v) is 1.16. The molecule has 0 spiro atoms. The average molecular weight is 87.5 g/mol. The van der Waals surface area contributed by atoms with Crippen molar-refractivity contribution < 1.29 is 0 Å². The Morgan fingerprint density at radius 2 is 2.20 bits per heavy atom. The van der Waals surface area contributed by atoms with Crippen molar-refractivity contribution in [2.75, 3.05) is 0 Å². The Kier molecular flexibility index (Phi) is 2.05. The highest BCUT2D eigenvalue weighted by atomic mass is 35.5. The maximum Gasteiger partial charge on any atom is 0.0941 e. The third-order valence-corrected chi connectivity index (χ3v) is 0.307. The lowest BCUT2D eigenvalue weighted by atomic mass is 10.5. The summed E-state index contributed by atoms with van der Waals surface area (Å²) in [7, 11) is 0. The second kappa shape index (κ2) is 2.11. The van der Waals surface area contributed by atoms with Gasteiger partial charge in [0.2, 0.25) is 0 Å². The van der Waals surface area contributed by atoms with E-state index in [0.717, 1.165) is 0 Å². The molecule has 5 heavy (non-hydrogen) atoms. The summed E-state index contributed by atoms with van der Waals surface area (Å²) in [5.74, 6) is 2.18. The van der Waals surface area contributed by atoms with E-state index in [1.165, 1.54) is 0 Å². The number of hydrogen-bond acceptors (Lipinski definition) is 0. The number of halogens is 1. The first-order valence-electron chi connectivity index (χ1n) is 1.20. The smallest absolute Gasteiger partial charge is 0.0941 e. The van der Waals surface area contributed by atoms with Gasteiger partial charge in [0.25, 0.3) is 0 Å². The van der Waals surface area contributed by atoms with Gasteiger partial charge in [0.1, 0.15) is 0 Å². The number of alkyl halides is 1. The van der Waals surface area contributed by atoms with Gasteiger partial charge < -0.3 is 0 Å². The van der Waals surface area contributed by atoms with Crippen LogP contribution in [-0.2, 0) is 0 Å². The van der Waals surface area contributed by atoms with Gasteiger partial charge in [-0.1, -0.05) is 5.92 Å². The zero-order valence-corrected chi connectivity index (χ0v) is 3.50. The van der Waals surface area contributed by atoms with Gasteiger partial charge in [0.05, 0.1) is 5.38 Å². The molecule has 0 aromatic rings. The summed E-state index contributed by atoms with van der Waals surface area (Å²) in [5.41, 5.74) is 0. The molecule has 1 heteroatoms. The fourth-order valence-corrected chi connectivity index (χ4v) is 0. The lowest BCUT2D eigenvalue weighted by Gasteiger charge is -1.76. The van der Waals surface area contributed by atoms with Gasteiger partial charge in [-0.25, -0.2) is 0 Å². The molecule has 0 aliphatic rings. The molecular formula is C4H4Cl. The Hall–Kier alpha value is -0.150. The highest BCUT2D eigenvalue weighted by molar-refractivity contribution is 6.22. The minimum Gasteiger partial charge on any atom is -0.119 e. The molecule has 0 saturated carbocycles. The Morgan fingerprint density at radius 1 is 2.00 bits per heavy atom. The van der Waals surface area contributed by atoms with Crippen LogP contribution < -0.4 is 0 Å². The second-order valence-electron chi connectivity index (χ2n) is 0.634. The summed E-state index contributed by atoms with van der Waals surface area (Å²) in [6.07, 6.45) is 4.73. The lowest BCUT2D eigenvalue weighted by Crippen LogP contribution is -1.78. The Morgan fingerprint density at radius 3 is 2.20 bits per heavy atom. The standard InChI is InChI=1S/C4H4Cl/c1-3-4(2)5/h1,4H,2H2. The Bertz CT molecular complexity index is 49.2. The molecule has 0 aromatic heterocycles. The van der Waals surface area contributed by atoms with Crippen LogP contribution >= 0.6 is 11.6 Å². The van der Waals surface area contributed by atoms with E-state index in [4.69, 9.17) is 18.0 Å². The summed E-state index contributed by atoms with van der Waals surface area (Å²) in [6.45, 7) is 3.29. The first-order chi connectivity index (χ1) is 2.27. The van der Waals surface area contributed by atoms with Crippen LogP contribution in [0.5, 0.6) is 0 Å². The minimum absolute atomic E-state index is 0.366. The van der Waals surface area contributed by atoms with Crippen LogP contribution in [-0.4, -0.2) is 5.38 Å². The summed E-state index contributed by atoms with van der Waals surface area (Å²) >= 11 is 5.11. The molecule has 0 aliphatic heterocycles. The van der Waals surface area contributed by atoms with Crippen molar-refractivity contribution in [2.45, 2.75) is 5.38 Å². The van der Waals surface area contributed by atoms with E-state index in [1.807, 2.05) is 0 Å². The van der Waals surface area contributed by atoms with Gasteiger partial charge in [-0.2, -0.15) is 0 Å². The molecule has 0 nitrogen and oxygen atoms in total. The number of hydrogen-bond donors (Lipinski definition) is 0. The third kappa shape index (κ3) is 3.85. The molecule has 27 valence electrons. The first kappa shape index (κ1) is 4.85. The van der Waals surface area contributed by atoms with E-state index >= 15 is 0 Å². The fourth-order valence-electron chi connectivity index (χ4n) is 0. The van der Waals surface area contributed by atoms with Crippen LogP contribution in [0.1, 0.15) is 0 Å². The van der Waals surface area contributed by atoms with Crippen LogP contribution in [0.15, 0.2) is 0 Å². The fraction of sp³-hybridized carbons (Fsp3) is 0.250. The topological polar surface area (TPSA) is 0 Å². The van der Waals surface area contributed by atoms with Gasteiger partial charge in [0.15, 0.2) is 0 Å². The SMILES string of the molecule is C#CC([CH2])Cl. The minimum atomic E-state index is -0.366. The van der Waals surface area contributed by atoms with Crippen molar-refractivity contribution in [3.05, 3.63) is 6.92 Å². The highest BCUT2D eigenvalue weighted by Crippen LogP contribution is 1.84. The zero-order valence-electron chi connectivity index (χ0n) is 2.74. The number of rotatable bonds is 0. The van der Waals surface area contributed by atoms with Crippen LogP contribution in [0, 0.1) is 19.3 Å². The number of terminal acetylenes is 1. The highest BCUT2D eigenvalue weighted by Gasteiger charge is 1.78. The predicted octanol–water partition coefficient (Wildman–Crippen LogP) is 1.06. The quantitative estimate of drug-likeness (QED) is 0.306. The van der Waals surface area contributed by atoms with Crippen molar-refractivity contribution in [3.8, 4) is 12.3 Å². The van der Waals surface area contributed by atoms with Crippen LogP contribution in [0.25, 0.3) is 0 Å². The summed E-state index contributed by atoms with van der Waals surface area (Å²) in [4.78, 5) is 0. The molecule has 0 bridgehead atoms. The molecule has 0 aliphatic carbocycles. The lowest BCUT2D eigenvalue weighted by molar-refractivity contribution is 1.49. The van der Waals surface area contributed by atoms with Gasteiger partial charge in [-0.05, 0) is 6.92 Å². The van der Waals surface area contributed by atoms with E-state index in [0.29, 0.717) is 0 Å². The van der Waals surface area contributed by atoms with Gasteiger partial charge in [-0.15, -0.1) is 18.0 Å². The molecule has 0 amide bonds. The predicted molar refractivity (Wildman–Crippen MR) is 23.8 cm³/mol. The van der Waals surface area contributed by atoms with E-state index in [1.54, 1.807) is 0 Å². The van der Waals surface area contributed by atoms with E-state index < -0.39 is 0 Å². The maximum atomic E-state index is 5.11. The van der Waals surface area contributed by atoms with Crippen LogP contribution in [0.3, 0.4) is 0 Å². The van der Waals surface area contributed by atoms with E-state index in [9.17, 15) is 0 Å². The normalized spacial score (nSPS) is 13.0. The Balaban J connectivity index is 2.94. The van der Waals surface area contributed by atoms with Gasteiger partial charge in [0, 0.05) is 0 Å². The van der Waals surface area contributed by atoms with Crippen LogP contribution in [0.4, 0.5) is 0 Å². The van der Waals surface area contributed by atoms with E-state index in [2.05, 4.69) is 12.8 Å². The van der Waals surface area contributed by atoms with E-state index in [-0.39, 0.29) is 5.38 Å². The average Bonchev–Trinajstić information content (AvgIpc) is 1.38. The molecule has 0 fully saturated rings. The zero-order chi connectivity index (χ0) is 4.28. The first-order valence-corrected chi connectivity index (χ1v) is 1.64.